The van der Waals surface area contributed by atoms with Gasteiger partial charge in [-0.15, -0.1) is 0 Å². The molecule has 10 heteroatoms. The fourth-order valence-corrected chi connectivity index (χ4v) is 4.00. The summed E-state index contributed by atoms with van der Waals surface area (Å²) in [7, 11) is 0. The molecule has 0 bridgehead atoms. The van der Waals surface area contributed by atoms with E-state index in [1.165, 1.54) is 17.3 Å². The molecule has 1 saturated heterocycles. The Kier molecular flexibility index (Phi) is 5.66. The lowest BCUT2D eigenvalue weighted by Crippen LogP contribution is -2.50. The largest absolute Gasteiger partial charge is 0.377 e. The average Bonchev–Trinajstić information content (AvgIpc) is 3.55. The highest BCUT2D eigenvalue weighted by atomic mass is 19.1. The van der Waals surface area contributed by atoms with Gasteiger partial charge < -0.3 is 14.2 Å². The Bertz CT molecular complexity index is 1260. The van der Waals surface area contributed by atoms with Crippen LogP contribution in [0.3, 0.4) is 0 Å². The van der Waals surface area contributed by atoms with Gasteiger partial charge in [-0.1, -0.05) is 11.2 Å². The molecule has 4 aromatic rings. The highest BCUT2D eigenvalue weighted by Crippen LogP contribution is 2.24. The summed E-state index contributed by atoms with van der Waals surface area (Å²) in [6.45, 7) is 3.06. The number of rotatable bonds is 5. The third-order valence-electron chi connectivity index (χ3n) is 5.63. The summed E-state index contributed by atoms with van der Waals surface area (Å²) >= 11 is 0. The highest BCUT2D eigenvalue weighted by molar-refractivity contribution is 5.98. The zero-order valence-corrected chi connectivity index (χ0v) is 17.9. The summed E-state index contributed by atoms with van der Waals surface area (Å²) in [5.74, 6) is -0.164. The normalized spacial score (nSPS) is 16.2. The first-order valence-corrected chi connectivity index (χ1v) is 10.5. The molecule has 0 aliphatic carbocycles. The third kappa shape index (κ3) is 4.24. The molecular formula is C23H21FN6O3. The van der Waals surface area contributed by atoms with Crippen LogP contribution in [-0.4, -0.2) is 61.7 Å². The first-order chi connectivity index (χ1) is 16.1. The average molecular weight is 448 g/mol. The number of halogens is 1. The Morgan fingerprint density at radius 3 is 2.82 bits per heavy atom. The van der Waals surface area contributed by atoms with Crippen LogP contribution in [0.4, 0.5) is 4.39 Å². The smallest absolute Gasteiger partial charge is 0.256 e. The van der Waals surface area contributed by atoms with Crippen LogP contribution in [0, 0.1) is 12.7 Å². The predicted molar refractivity (Wildman–Crippen MR) is 115 cm³/mol. The van der Waals surface area contributed by atoms with E-state index in [0.29, 0.717) is 48.0 Å². The maximum atomic E-state index is 14.7. The standard InChI is InChI=1S/C23H21FN6O3/c1-15-2-4-19(21(10-15)30-26-6-7-27-30)23(31)29-8-9-32-13-18(29)12-17-11-16(3-5-20(17)24)22-25-14-33-28-22/h2-7,10-11,14,18H,8-9,12-13H2,1H3. The SMILES string of the molecule is Cc1ccc(C(=O)N2CCOCC2Cc2cc(-c3ncon3)ccc2F)c(-n2nccn2)c1. The number of hydrogen-bond acceptors (Lipinski definition) is 7. The molecule has 3 heterocycles. The van der Waals surface area contributed by atoms with Crippen molar-refractivity contribution in [3.63, 3.8) is 0 Å². The van der Waals surface area contributed by atoms with Crippen LogP contribution in [0.2, 0.25) is 0 Å². The van der Waals surface area contributed by atoms with Gasteiger partial charge in [0, 0.05) is 12.1 Å². The van der Waals surface area contributed by atoms with E-state index in [4.69, 9.17) is 9.26 Å². The molecule has 33 heavy (non-hydrogen) atoms. The van der Waals surface area contributed by atoms with E-state index in [-0.39, 0.29) is 24.2 Å². The first kappa shape index (κ1) is 21.0. The molecule has 1 atom stereocenters. The molecule has 1 aliphatic rings. The summed E-state index contributed by atoms with van der Waals surface area (Å²) in [6, 6.07) is 9.84. The van der Waals surface area contributed by atoms with Crippen molar-refractivity contribution in [2.75, 3.05) is 19.8 Å². The van der Waals surface area contributed by atoms with Gasteiger partial charge in [0.2, 0.25) is 12.2 Å². The van der Waals surface area contributed by atoms with Crippen molar-refractivity contribution in [3.05, 3.63) is 77.7 Å². The number of ether oxygens (including phenoxy) is 1. The predicted octanol–water partition coefficient (Wildman–Crippen LogP) is 2.85. The molecule has 2 aromatic carbocycles. The van der Waals surface area contributed by atoms with E-state index in [1.807, 2.05) is 19.1 Å². The number of carbonyl (C=O) groups is 1. The van der Waals surface area contributed by atoms with Crippen molar-refractivity contribution in [3.8, 4) is 17.1 Å². The van der Waals surface area contributed by atoms with E-state index >= 15 is 0 Å². The zero-order chi connectivity index (χ0) is 22.8. The van der Waals surface area contributed by atoms with Crippen molar-refractivity contribution in [1.82, 2.24) is 30.0 Å². The van der Waals surface area contributed by atoms with Gasteiger partial charge in [-0.2, -0.15) is 20.0 Å². The van der Waals surface area contributed by atoms with Crippen molar-refractivity contribution in [2.24, 2.45) is 0 Å². The maximum absolute atomic E-state index is 14.7. The molecular weight excluding hydrogens is 427 g/mol. The van der Waals surface area contributed by atoms with Crippen LogP contribution in [0.15, 0.2) is 59.7 Å². The quantitative estimate of drug-likeness (QED) is 0.463. The second-order valence-electron chi connectivity index (χ2n) is 7.83. The van der Waals surface area contributed by atoms with Crippen LogP contribution < -0.4 is 0 Å². The Morgan fingerprint density at radius 1 is 1.18 bits per heavy atom. The van der Waals surface area contributed by atoms with Crippen LogP contribution in [0.25, 0.3) is 17.1 Å². The molecule has 0 saturated carbocycles. The molecule has 1 unspecified atom stereocenters. The van der Waals surface area contributed by atoms with Crippen molar-refractivity contribution >= 4 is 5.91 Å². The van der Waals surface area contributed by atoms with E-state index < -0.39 is 0 Å². The molecule has 168 valence electrons. The Labute approximate surface area is 188 Å². The zero-order valence-electron chi connectivity index (χ0n) is 17.9. The van der Waals surface area contributed by atoms with Gasteiger partial charge in [-0.25, -0.2) is 4.39 Å². The van der Waals surface area contributed by atoms with E-state index in [0.717, 1.165) is 5.56 Å². The van der Waals surface area contributed by atoms with Gasteiger partial charge in [-0.05, 0) is 54.8 Å². The monoisotopic (exact) mass is 448 g/mol. The second kappa shape index (κ2) is 8.91. The first-order valence-electron chi connectivity index (χ1n) is 10.5. The fourth-order valence-electron chi connectivity index (χ4n) is 4.00. The highest BCUT2D eigenvalue weighted by Gasteiger charge is 2.31. The molecule has 0 radical (unpaired) electrons. The van der Waals surface area contributed by atoms with Gasteiger partial charge in [0.05, 0.1) is 42.9 Å². The van der Waals surface area contributed by atoms with Crippen LogP contribution in [0.1, 0.15) is 21.5 Å². The third-order valence-corrected chi connectivity index (χ3v) is 5.63. The minimum atomic E-state index is -0.364. The van der Waals surface area contributed by atoms with E-state index in [9.17, 15) is 9.18 Å². The minimum Gasteiger partial charge on any atom is -0.377 e. The summed E-state index contributed by atoms with van der Waals surface area (Å²) in [5.41, 5.74) is 3.15. The Morgan fingerprint density at radius 2 is 2.03 bits per heavy atom. The molecule has 1 amide bonds. The van der Waals surface area contributed by atoms with Crippen LogP contribution >= 0.6 is 0 Å². The molecule has 5 rings (SSSR count). The Balaban J connectivity index is 1.45. The second-order valence-corrected chi connectivity index (χ2v) is 7.83. The van der Waals surface area contributed by atoms with Crippen molar-refractivity contribution in [2.45, 2.75) is 19.4 Å². The molecule has 9 nitrogen and oxygen atoms in total. The van der Waals surface area contributed by atoms with E-state index in [1.54, 1.807) is 35.5 Å². The summed E-state index contributed by atoms with van der Waals surface area (Å²) in [6.07, 6.45) is 4.63. The summed E-state index contributed by atoms with van der Waals surface area (Å²) < 4.78 is 25.1. The maximum Gasteiger partial charge on any atom is 0.256 e. The molecule has 0 N–H and O–H groups in total. The van der Waals surface area contributed by atoms with Gasteiger partial charge in [0.25, 0.3) is 5.91 Å². The van der Waals surface area contributed by atoms with Crippen LogP contribution in [0.5, 0.6) is 0 Å². The number of benzene rings is 2. The fraction of sp³-hybridized carbons (Fsp3) is 0.261. The van der Waals surface area contributed by atoms with Crippen molar-refractivity contribution in [1.29, 1.82) is 0 Å². The number of hydrogen-bond donors (Lipinski definition) is 0. The number of carbonyl (C=O) groups excluding carboxylic acids is 1. The van der Waals surface area contributed by atoms with Gasteiger partial charge in [-0.3, -0.25) is 4.79 Å². The lowest BCUT2D eigenvalue weighted by Gasteiger charge is -2.36. The van der Waals surface area contributed by atoms with Crippen molar-refractivity contribution < 1.29 is 18.4 Å². The number of aryl methyl sites for hydroxylation is 1. The molecule has 1 aliphatic heterocycles. The number of morpholine rings is 1. The molecule has 2 aromatic heterocycles. The Hall–Kier alpha value is -3.92. The van der Waals surface area contributed by atoms with Gasteiger partial charge in [0.15, 0.2) is 0 Å². The van der Waals surface area contributed by atoms with Crippen LogP contribution in [-0.2, 0) is 11.2 Å². The van der Waals surface area contributed by atoms with E-state index in [2.05, 4.69) is 20.3 Å². The number of amides is 1. The van der Waals surface area contributed by atoms with Gasteiger partial charge in [0.1, 0.15) is 5.82 Å². The summed E-state index contributed by atoms with van der Waals surface area (Å²) in [4.78, 5) is 20.8. The number of nitrogens with zero attached hydrogens (tertiary/aromatic N) is 6. The summed E-state index contributed by atoms with van der Waals surface area (Å²) in [5, 5.41) is 12.2. The number of aromatic nitrogens is 5. The lowest BCUT2D eigenvalue weighted by molar-refractivity contribution is -0.00185. The minimum absolute atomic E-state index is 0.176. The lowest BCUT2D eigenvalue weighted by atomic mass is 9.99. The molecule has 0 spiro atoms. The topological polar surface area (TPSA) is 99.2 Å². The van der Waals surface area contributed by atoms with Gasteiger partial charge >= 0.3 is 0 Å². The molecule has 1 fully saturated rings.